The topological polar surface area (TPSA) is 7.76 Å². The zero-order valence-electron chi connectivity index (χ0n) is 13.5. The second kappa shape index (κ2) is 11.4. The van der Waals surface area contributed by atoms with Crippen LogP contribution in [0.2, 0.25) is 0 Å². The molecular weight excluding hydrogens is 315 g/mol. The van der Waals surface area contributed by atoms with Crippen LogP contribution in [-0.4, -0.2) is 0 Å². The van der Waals surface area contributed by atoms with Gasteiger partial charge in [-0.15, -0.1) is 0 Å². The smallest absolute Gasteiger partial charge is 0.169 e. The van der Waals surface area contributed by atoms with Crippen LogP contribution in [0.1, 0.15) is 39.5 Å². The summed E-state index contributed by atoms with van der Waals surface area (Å²) in [5.41, 5.74) is 2.58. The molecule has 2 nitrogen and oxygen atoms in total. The van der Waals surface area contributed by atoms with Gasteiger partial charge in [0.15, 0.2) is 24.8 Å². The van der Waals surface area contributed by atoms with Gasteiger partial charge in [-0.1, -0.05) is 26.7 Å². The van der Waals surface area contributed by atoms with Gasteiger partial charge in [0.2, 0.25) is 0 Å². The minimum Gasteiger partial charge on any atom is -1.00 e. The number of hydrogen-bond donors (Lipinski definition) is 0. The molecular formula is C18H26Cl2N2. The SMILES string of the molecule is CCCC[n+]1ccc(-c2cc[n+](CCCC)cc2)cc1.[Cl-].[Cl-]. The van der Waals surface area contributed by atoms with Crippen molar-refractivity contribution in [1.29, 1.82) is 0 Å². The number of rotatable bonds is 7. The molecule has 0 saturated carbocycles. The highest BCUT2D eigenvalue weighted by Crippen LogP contribution is 2.15. The average molecular weight is 341 g/mol. The number of aryl methyl sites for hydroxylation is 2. The van der Waals surface area contributed by atoms with Crippen molar-refractivity contribution in [3.8, 4) is 11.1 Å². The summed E-state index contributed by atoms with van der Waals surface area (Å²) in [6, 6.07) is 8.84. The van der Waals surface area contributed by atoms with Crippen LogP contribution >= 0.6 is 0 Å². The van der Waals surface area contributed by atoms with Crippen molar-refractivity contribution >= 4 is 0 Å². The Labute approximate surface area is 147 Å². The Morgan fingerprint density at radius 3 is 1.23 bits per heavy atom. The predicted molar refractivity (Wildman–Crippen MR) is 82.1 cm³/mol. The van der Waals surface area contributed by atoms with E-state index in [0.717, 1.165) is 13.1 Å². The first-order valence-electron chi connectivity index (χ1n) is 7.82. The van der Waals surface area contributed by atoms with E-state index in [1.807, 2.05) is 0 Å². The van der Waals surface area contributed by atoms with Crippen molar-refractivity contribution in [2.45, 2.75) is 52.6 Å². The zero-order valence-corrected chi connectivity index (χ0v) is 15.0. The molecule has 0 aromatic carbocycles. The second-order valence-corrected chi connectivity index (χ2v) is 5.36. The van der Waals surface area contributed by atoms with Crippen LogP contribution in [0.15, 0.2) is 49.1 Å². The molecule has 0 bridgehead atoms. The minimum absolute atomic E-state index is 0. The molecule has 0 unspecified atom stereocenters. The molecule has 0 aliphatic rings. The van der Waals surface area contributed by atoms with Crippen molar-refractivity contribution in [2.24, 2.45) is 0 Å². The number of unbranched alkanes of at least 4 members (excludes halogenated alkanes) is 2. The number of halogens is 2. The molecule has 4 heteroatoms. The molecule has 0 spiro atoms. The normalized spacial score (nSPS) is 9.73. The largest absolute Gasteiger partial charge is 1.00 e. The zero-order chi connectivity index (χ0) is 14.2. The summed E-state index contributed by atoms with van der Waals surface area (Å²) in [5, 5.41) is 0. The van der Waals surface area contributed by atoms with Gasteiger partial charge in [-0.25, -0.2) is 9.13 Å². The van der Waals surface area contributed by atoms with Gasteiger partial charge >= 0.3 is 0 Å². The van der Waals surface area contributed by atoms with Crippen LogP contribution in [0.5, 0.6) is 0 Å². The first kappa shape index (κ1) is 20.9. The van der Waals surface area contributed by atoms with Crippen molar-refractivity contribution in [3.63, 3.8) is 0 Å². The van der Waals surface area contributed by atoms with Crippen LogP contribution in [0.3, 0.4) is 0 Å². The summed E-state index contributed by atoms with van der Waals surface area (Å²) in [4.78, 5) is 0. The quantitative estimate of drug-likeness (QED) is 0.494. The Hall–Kier alpha value is -1.12. The molecule has 122 valence electrons. The highest BCUT2D eigenvalue weighted by atomic mass is 35.5. The summed E-state index contributed by atoms with van der Waals surface area (Å²) in [6.07, 6.45) is 13.7. The molecule has 0 radical (unpaired) electrons. The van der Waals surface area contributed by atoms with Gasteiger partial charge in [0, 0.05) is 37.1 Å². The highest BCUT2D eigenvalue weighted by molar-refractivity contribution is 5.60. The maximum atomic E-state index is 2.26. The summed E-state index contributed by atoms with van der Waals surface area (Å²) < 4.78 is 4.52. The molecule has 0 N–H and O–H groups in total. The Bertz CT molecular complexity index is 460. The number of pyridine rings is 2. The van der Waals surface area contributed by atoms with Gasteiger partial charge in [0.05, 0.1) is 0 Å². The maximum absolute atomic E-state index is 2.26. The predicted octanol–water partition coefficient (Wildman–Crippen LogP) is -2.46. The fourth-order valence-electron chi connectivity index (χ4n) is 2.28. The van der Waals surface area contributed by atoms with Crippen LogP contribution in [0, 0.1) is 0 Å². The monoisotopic (exact) mass is 340 g/mol. The highest BCUT2D eigenvalue weighted by Gasteiger charge is 2.05. The first-order valence-corrected chi connectivity index (χ1v) is 7.82. The Morgan fingerprint density at radius 1 is 0.636 bits per heavy atom. The fraction of sp³-hybridized carbons (Fsp3) is 0.444. The molecule has 22 heavy (non-hydrogen) atoms. The van der Waals surface area contributed by atoms with Crippen molar-refractivity contribution in [2.75, 3.05) is 0 Å². The van der Waals surface area contributed by atoms with E-state index in [-0.39, 0.29) is 24.8 Å². The third-order valence-corrected chi connectivity index (χ3v) is 3.66. The van der Waals surface area contributed by atoms with Gasteiger partial charge < -0.3 is 24.8 Å². The van der Waals surface area contributed by atoms with E-state index in [1.165, 1.54) is 36.8 Å². The van der Waals surface area contributed by atoms with E-state index in [0.29, 0.717) is 0 Å². The standard InChI is InChI=1S/C18H26N2.2ClH/c1-3-5-11-19-13-7-17(8-14-19)18-9-15-20(16-10-18)12-6-4-2;;/h7-10,13-16H,3-6,11-12H2,1-2H3;2*1H/q+2;;/p-2. The van der Waals surface area contributed by atoms with Gasteiger partial charge in [-0.2, -0.15) is 0 Å². The van der Waals surface area contributed by atoms with E-state index >= 15 is 0 Å². The van der Waals surface area contributed by atoms with Gasteiger partial charge in [-0.3, -0.25) is 0 Å². The molecule has 2 heterocycles. The number of hydrogen-bond acceptors (Lipinski definition) is 0. The third kappa shape index (κ3) is 6.33. The third-order valence-electron chi connectivity index (χ3n) is 3.66. The second-order valence-electron chi connectivity index (χ2n) is 5.36. The van der Waals surface area contributed by atoms with Gasteiger partial charge in [0.1, 0.15) is 13.1 Å². The lowest BCUT2D eigenvalue weighted by atomic mass is 10.1. The summed E-state index contributed by atoms with van der Waals surface area (Å²) >= 11 is 0. The first-order chi connectivity index (χ1) is 9.83. The van der Waals surface area contributed by atoms with E-state index in [9.17, 15) is 0 Å². The molecule has 0 aliphatic carbocycles. The van der Waals surface area contributed by atoms with Gasteiger partial charge in [-0.05, 0) is 11.1 Å². The Balaban J connectivity index is 0.00000220. The molecule has 0 aliphatic heterocycles. The maximum Gasteiger partial charge on any atom is 0.169 e. The fourth-order valence-corrected chi connectivity index (χ4v) is 2.28. The van der Waals surface area contributed by atoms with Crippen molar-refractivity contribution in [3.05, 3.63) is 49.1 Å². The van der Waals surface area contributed by atoms with E-state index < -0.39 is 0 Å². The van der Waals surface area contributed by atoms with E-state index in [4.69, 9.17) is 0 Å². The summed E-state index contributed by atoms with van der Waals surface area (Å²) in [7, 11) is 0. The molecule has 0 fully saturated rings. The molecule has 2 aromatic heterocycles. The Morgan fingerprint density at radius 2 is 0.955 bits per heavy atom. The lowest BCUT2D eigenvalue weighted by Gasteiger charge is -2.01. The molecule has 2 rings (SSSR count). The van der Waals surface area contributed by atoms with Crippen LogP contribution in [0.25, 0.3) is 11.1 Å². The van der Waals surface area contributed by atoms with Gasteiger partial charge in [0.25, 0.3) is 0 Å². The molecule has 0 atom stereocenters. The summed E-state index contributed by atoms with van der Waals surface area (Å²) in [6.45, 7) is 6.69. The van der Waals surface area contributed by atoms with Crippen LogP contribution < -0.4 is 33.9 Å². The van der Waals surface area contributed by atoms with E-state index in [1.54, 1.807) is 0 Å². The Kier molecular flexibility index (Phi) is 10.9. The molecule has 2 aromatic rings. The average Bonchev–Trinajstić information content (AvgIpc) is 2.52. The van der Waals surface area contributed by atoms with Crippen molar-refractivity contribution < 1.29 is 33.9 Å². The lowest BCUT2D eigenvalue weighted by molar-refractivity contribution is -0.697. The van der Waals surface area contributed by atoms with Crippen LogP contribution in [0.4, 0.5) is 0 Å². The molecule has 0 saturated heterocycles. The molecule has 0 amide bonds. The lowest BCUT2D eigenvalue weighted by Crippen LogP contribution is -3.00. The minimum atomic E-state index is 0. The number of aromatic nitrogens is 2. The van der Waals surface area contributed by atoms with Crippen molar-refractivity contribution in [1.82, 2.24) is 0 Å². The number of nitrogens with zero attached hydrogens (tertiary/aromatic N) is 2. The summed E-state index contributed by atoms with van der Waals surface area (Å²) in [5.74, 6) is 0. The van der Waals surface area contributed by atoms with Crippen LogP contribution in [-0.2, 0) is 13.1 Å². The van der Waals surface area contributed by atoms with E-state index in [2.05, 4.69) is 72.0 Å².